The smallest absolute Gasteiger partial charge is 0.315 e. The van der Waals surface area contributed by atoms with Crippen molar-refractivity contribution in [3.63, 3.8) is 0 Å². The normalized spacial score (nSPS) is 19.9. The number of halogens is 1. The van der Waals surface area contributed by atoms with Gasteiger partial charge in [0.1, 0.15) is 0 Å². The molecule has 0 spiro atoms. The van der Waals surface area contributed by atoms with Crippen LogP contribution in [0.2, 0.25) is 0 Å². The lowest BCUT2D eigenvalue weighted by Gasteiger charge is -2.08. The van der Waals surface area contributed by atoms with Crippen LogP contribution in [0.5, 0.6) is 0 Å². The molecule has 2 N–H and O–H groups in total. The van der Waals surface area contributed by atoms with Gasteiger partial charge in [0.2, 0.25) is 0 Å². The van der Waals surface area contributed by atoms with E-state index in [0.29, 0.717) is 12.5 Å². The maximum Gasteiger partial charge on any atom is 0.315 e. The molecule has 1 aliphatic rings. The van der Waals surface area contributed by atoms with Gasteiger partial charge in [0.05, 0.1) is 0 Å². The minimum absolute atomic E-state index is 0.103. The molecule has 0 aliphatic heterocycles. The molecule has 2 aromatic rings. The van der Waals surface area contributed by atoms with Gasteiger partial charge in [-0.1, -0.05) is 64.5 Å². The number of nitrogens with one attached hydrogen (secondary N) is 2. The van der Waals surface area contributed by atoms with Gasteiger partial charge in [-0.3, -0.25) is 0 Å². The van der Waals surface area contributed by atoms with E-state index in [0.717, 1.165) is 16.5 Å². The average molecular weight is 345 g/mol. The van der Waals surface area contributed by atoms with E-state index < -0.39 is 0 Å². The van der Waals surface area contributed by atoms with E-state index >= 15 is 0 Å². The highest BCUT2D eigenvalue weighted by Gasteiger charge is 2.39. The Kier molecular flexibility index (Phi) is 4.25. The van der Waals surface area contributed by atoms with Gasteiger partial charge < -0.3 is 10.6 Å². The van der Waals surface area contributed by atoms with Gasteiger partial charge in [-0.15, -0.1) is 0 Å². The third kappa shape index (κ3) is 3.64. The number of carbonyl (C=O) groups excluding carboxylic acids is 1. The topological polar surface area (TPSA) is 41.1 Å². The molecule has 0 bridgehead atoms. The first-order valence-corrected chi connectivity index (χ1v) is 7.86. The van der Waals surface area contributed by atoms with Crippen LogP contribution in [0.1, 0.15) is 23.5 Å². The van der Waals surface area contributed by atoms with Crippen molar-refractivity contribution in [2.24, 2.45) is 0 Å². The van der Waals surface area contributed by atoms with E-state index in [4.69, 9.17) is 0 Å². The van der Waals surface area contributed by atoms with Crippen LogP contribution in [-0.2, 0) is 6.54 Å². The van der Waals surface area contributed by atoms with Gasteiger partial charge in [0, 0.05) is 23.0 Å². The summed E-state index contributed by atoms with van der Waals surface area (Å²) in [5.41, 5.74) is 2.37. The molecule has 1 fully saturated rings. The summed E-state index contributed by atoms with van der Waals surface area (Å²) < 4.78 is 1.01. The van der Waals surface area contributed by atoms with Crippen LogP contribution in [-0.4, -0.2) is 12.1 Å². The molecule has 1 aliphatic carbocycles. The summed E-state index contributed by atoms with van der Waals surface area (Å²) in [5.74, 6) is 0.459. The summed E-state index contributed by atoms with van der Waals surface area (Å²) in [4.78, 5) is 11.9. The Morgan fingerprint density at radius 1 is 1.10 bits per heavy atom. The first-order valence-electron chi connectivity index (χ1n) is 7.07. The van der Waals surface area contributed by atoms with E-state index in [1.54, 1.807) is 0 Å². The lowest BCUT2D eigenvalue weighted by atomic mass is 10.1. The Morgan fingerprint density at radius 3 is 2.57 bits per heavy atom. The van der Waals surface area contributed by atoms with Crippen molar-refractivity contribution in [3.05, 3.63) is 70.2 Å². The highest BCUT2D eigenvalue weighted by atomic mass is 79.9. The largest absolute Gasteiger partial charge is 0.335 e. The number of hydrogen-bond acceptors (Lipinski definition) is 1. The van der Waals surface area contributed by atoms with Crippen LogP contribution in [0.25, 0.3) is 0 Å². The van der Waals surface area contributed by atoms with E-state index in [1.165, 1.54) is 5.56 Å². The summed E-state index contributed by atoms with van der Waals surface area (Å²) in [6, 6.07) is 18.4. The van der Waals surface area contributed by atoms with Crippen molar-refractivity contribution in [1.29, 1.82) is 0 Å². The fourth-order valence-electron chi connectivity index (χ4n) is 2.46. The molecule has 2 atom stereocenters. The molecular formula is C17H17BrN2O. The fraction of sp³-hybridized carbons (Fsp3) is 0.235. The zero-order valence-electron chi connectivity index (χ0n) is 11.6. The van der Waals surface area contributed by atoms with Crippen LogP contribution in [0.15, 0.2) is 59.1 Å². The van der Waals surface area contributed by atoms with Gasteiger partial charge in [-0.25, -0.2) is 4.79 Å². The van der Waals surface area contributed by atoms with Crippen LogP contribution in [0, 0.1) is 0 Å². The SMILES string of the molecule is O=C(NCc1ccccc1Br)NC1CC1c1ccccc1. The summed E-state index contributed by atoms with van der Waals surface area (Å²) >= 11 is 3.48. The minimum Gasteiger partial charge on any atom is -0.335 e. The molecule has 3 nitrogen and oxygen atoms in total. The van der Waals surface area contributed by atoms with E-state index in [1.807, 2.05) is 42.5 Å². The van der Waals surface area contributed by atoms with Crippen molar-refractivity contribution < 1.29 is 4.79 Å². The number of amides is 2. The Morgan fingerprint density at radius 2 is 1.81 bits per heavy atom. The molecule has 0 aromatic heterocycles. The summed E-state index contributed by atoms with van der Waals surface area (Å²) in [6.07, 6.45) is 1.02. The molecule has 21 heavy (non-hydrogen) atoms. The fourth-order valence-corrected chi connectivity index (χ4v) is 2.88. The molecule has 2 amide bonds. The summed E-state index contributed by atoms with van der Waals surface area (Å²) in [7, 11) is 0. The van der Waals surface area contributed by atoms with E-state index in [2.05, 4.69) is 38.7 Å². The van der Waals surface area contributed by atoms with Crippen LogP contribution >= 0.6 is 15.9 Å². The number of rotatable bonds is 4. The third-order valence-electron chi connectivity index (χ3n) is 3.73. The minimum atomic E-state index is -0.103. The number of carbonyl (C=O) groups is 1. The zero-order valence-corrected chi connectivity index (χ0v) is 13.1. The quantitative estimate of drug-likeness (QED) is 0.869. The molecule has 2 aromatic carbocycles. The molecule has 3 rings (SSSR count). The van der Waals surface area contributed by atoms with Crippen molar-refractivity contribution >= 4 is 22.0 Å². The van der Waals surface area contributed by atoms with Crippen molar-refractivity contribution in [2.75, 3.05) is 0 Å². The molecule has 0 heterocycles. The second kappa shape index (κ2) is 6.31. The average Bonchev–Trinajstić information content (AvgIpc) is 3.26. The summed E-state index contributed by atoms with van der Waals surface area (Å²) in [6.45, 7) is 0.524. The highest BCUT2D eigenvalue weighted by Crippen LogP contribution is 2.40. The number of urea groups is 1. The van der Waals surface area contributed by atoms with Crippen molar-refractivity contribution in [3.8, 4) is 0 Å². The molecule has 4 heteroatoms. The Balaban J connectivity index is 1.47. The number of benzene rings is 2. The molecular weight excluding hydrogens is 328 g/mol. The van der Waals surface area contributed by atoms with Crippen LogP contribution in [0.4, 0.5) is 4.79 Å². The Labute approximate surface area is 132 Å². The standard InChI is InChI=1S/C17H17BrN2O/c18-15-9-5-4-8-13(15)11-19-17(21)20-16-10-14(16)12-6-2-1-3-7-12/h1-9,14,16H,10-11H2,(H2,19,20,21). The Hall–Kier alpha value is -1.81. The number of hydrogen-bond donors (Lipinski definition) is 2. The van der Waals surface area contributed by atoms with Crippen molar-refractivity contribution in [2.45, 2.75) is 24.9 Å². The third-order valence-corrected chi connectivity index (χ3v) is 4.51. The monoisotopic (exact) mass is 344 g/mol. The van der Waals surface area contributed by atoms with Gasteiger partial charge in [0.15, 0.2) is 0 Å². The molecule has 108 valence electrons. The Bertz CT molecular complexity index is 630. The zero-order chi connectivity index (χ0) is 14.7. The van der Waals surface area contributed by atoms with Gasteiger partial charge >= 0.3 is 6.03 Å². The lowest BCUT2D eigenvalue weighted by molar-refractivity contribution is 0.240. The maximum absolute atomic E-state index is 11.9. The van der Waals surface area contributed by atoms with Gasteiger partial charge in [-0.05, 0) is 23.6 Å². The van der Waals surface area contributed by atoms with Gasteiger partial charge in [0.25, 0.3) is 0 Å². The molecule has 2 unspecified atom stereocenters. The first-order chi connectivity index (χ1) is 10.2. The molecule has 0 saturated heterocycles. The van der Waals surface area contributed by atoms with Crippen LogP contribution < -0.4 is 10.6 Å². The van der Waals surface area contributed by atoms with E-state index in [9.17, 15) is 4.79 Å². The molecule has 0 radical (unpaired) electrons. The van der Waals surface area contributed by atoms with Crippen molar-refractivity contribution in [1.82, 2.24) is 10.6 Å². The van der Waals surface area contributed by atoms with E-state index in [-0.39, 0.29) is 12.1 Å². The molecule has 1 saturated carbocycles. The predicted octanol–water partition coefficient (Wildman–Crippen LogP) is 3.80. The van der Waals surface area contributed by atoms with Gasteiger partial charge in [-0.2, -0.15) is 0 Å². The lowest BCUT2D eigenvalue weighted by Crippen LogP contribution is -2.36. The predicted molar refractivity (Wildman–Crippen MR) is 87.1 cm³/mol. The van der Waals surface area contributed by atoms with Crippen LogP contribution in [0.3, 0.4) is 0 Å². The maximum atomic E-state index is 11.9. The highest BCUT2D eigenvalue weighted by molar-refractivity contribution is 9.10. The summed E-state index contributed by atoms with van der Waals surface area (Å²) in [5, 5.41) is 5.93. The second-order valence-corrected chi connectivity index (χ2v) is 6.13. The second-order valence-electron chi connectivity index (χ2n) is 5.28. The first kappa shape index (κ1) is 14.1.